The highest BCUT2D eigenvalue weighted by Crippen LogP contribution is 2.22. The Morgan fingerprint density at radius 1 is 1.35 bits per heavy atom. The summed E-state index contributed by atoms with van der Waals surface area (Å²) in [5.41, 5.74) is 0.376. The minimum absolute atomic E-state index is 0.0247. The zero-order valence-electron chi connectivity index (χ0n) is 9.77. The molecular weight excluding hydrogens is 243 g/mol. The molecule has 0 radical (unpaired) electrons. The Morgan fingerprint density at radius 3 is 2.53 bits per heavy atom. The lowest BCUT2D eigenvalue weighted by Gasteiger charge is -2.15. The second kappa shape index (κ2) is 6.12. The lowest BCUT2D eigenvalue weighted by molar-refractivity contribution is 0.260. The van der Waals surface area contributed by atoms with Crippen molar-refractivity contribution >= 4 is 9.84 Å². The summed E-state index contributed by atoms with van der Waals surface area (Å²) in [4.78, 5) is 0. The Labute approximate surface area is 101 Å². The van der Waals surface area contributed by atoms with Crippen molar-refractivity contribution in [3.05, 3.63) is 35.6 Å². The molecule has 1 N–H and O–H groups in total. The predicted octanol–water partition coefficient (Wildman–Crippen LogP) is 1.73. The molecule has 0 aliphatic carbocycles. The monoisotopic (exact) mass is 260 g/mol. The van der Waals surface area contributed by atoms with Gasteiger partial charge in [0.1, 0.15) is 15.7 Å². The third-order valence-corrected chi connectivity index (χ3v) is 4.52. The van der Waals surface area contributed by atoms with Gasteiger partial charge in [0.2, 0.25) is 0 Å². The van der Waals surface area contributed by atoms with E-state index in [0.29, 0.717) is 5.56 Å². The predicted molar refractivity (Wildman–Crippen MR) is 65.2 cm³/mol. The van der Waals surface area contributed by atoms with Crippen LogP contribution in [0.4, 0.5) is 4.39 Å². The molecule has 1 unspecified atom stereocenters. The smallest absolute Gasteiger partial charge is 0.150 e. The Kier molecular flexibility index (Phi) is 5.08. The van der Waals surface area contributed by atoms with Gasteiger partial charge in [-0.25, -0.2) is 12.8 Å². The van der Waals surface area contributed by atoms with Crippen molar-refractivity contribution in [3.63, 3.8) is 0 Å². The molecular formula is C12H17FO3S. The van der Waals surface area contributed by atoms with Crippen LogP contribution in [0, 0.1) is 5.82 Å². The molecule has 0 fully saturated rings. The molecule has 0 saturated heterocycles. The number of aliphatic hydroxyl groups is 1. The van der Waals surface area contributed by atoms with Gasteiger partial charge in [0.25, 0.3) is 0 Å². The van der Waals surface area contributed by atoms with E-state index in [9.17, 15) is 17.9 Å². The molecule has 0 aliphatic rings. The van der Waals surface area contributed by atoms with Crippen LogP contribution in [0.3, 0.4) is 0 Å². The fourth-order valence-electron chi connectivity index (χ4n) is 1.62. The van der Waals surface area contributed by atoms with Crippen LogP contribution < -0.4 is 0 Å². The third kappa shape index (κ3) is 4.09. The normalized spacial score (nSPS) is 13.6. The number of benzene rings is 1. The Balaban J connectivity index is 2.77. The summed E-state index contributed by atoms with van der Waals surface area (Å²) in [6, 6.07) is 6.13. The zero-order chi connectivity index (χ0) is 12.9. The topological polar surface area (TPSA) is 54.4 Å². The molecule has 0 saturated carbocycles. The van der Waals surface area contributed by atoms with Crippen molar-refractivity contribution in [2.24, 2.45) is 0 Å². The van der Waals surface area contributed by atoms with Crippen molar-refractivity contribution in [1.29, 1.82) is 0 Å². The van der Waals surface area contributed by atoms with E-state index in [0.717, 1.165) is 0 Å². The van der Waals surface area contributed by atoms with Crippen LogP contribution in [-0.4, -0.2) is 31.6 Å². The number of rotatable bonds is 6. The van der Waals surface area contributed by atoms with Gasteiger partial charge in [0.15, 0.2) is 0 Å². The van der Waals surface area contributed by atoms with Crippen LogP contribution in [0.1, 0.15) is 24.8 Å². The maximum Gasteiger partial charge on any atom is 0.150 e. The van der Waals surface area contributed by atoms with E-state index in [4.69, 9.17) is 0 Å². The van der Waals surface area contributed by atoms with Crippen LogP contribution in [0.15, 0.2) is 24.3 Å². The van der Waals surface area contributed by atoms with Crippen LogP contribution in [0.2, 0.25) is 0 Å². The molecule has 5 heteroatoms. The number of halogens is 1. The van der Waals surface area contributed by atoms with Crippen molar-refractivity contribution < 1.29 is 17.9 Å². The molecule has 3 nitrogen and oxygen atoms in total. The van der Waals surface area contributed by atoms with Crippen molar-refractivity contribution in [2.75, 3.05) is 18.1 Å². The lowest BCUT2D eigenvalue weighted by atomic mass is 9.97. The van der Waals surface area contributed by atoms with Crippen LogP contribution >= 0.6 is 0 Å². The molecule has 1 aromatic rings. The second-order valence-electron chi connectivity index (χ2n) is 3.93. The van der Waals surface area contributed by atoms with Gasteiger partial charge in [-0.05, 0) is 18.1 Å². The molecule has 0 amide bonds. The number of aliphatic hydroxyl groups excluding tert-OH is 1. The molecule has 0 spiro atoms. The highest BCUT2D eigenvalue weighted by molar-refractivity contribution is 7.91. The summed E-state index contributed by atoms with van der Waals surface area (Å²) in [5.74, 6) is -0.816. The molecule has 1 atom stereocenters. The number of hydrogen-bond acceptors (Lipinski definition) is 3. The van der Waals surface area contributed by atoms with Crippen molar-refractivity contribution in [3.8, 4) is 0 Å². The summed E-state index contributed by atoms with van der Waals surface area (Å²) >= 11 is 0. The second-order valence-corrected chi connectivity index (χ2v) is 6.40. The summed E-state index contributed by atoms with van der Waals surface area (Å²) in [7, 11) is -3.08. The first kappa shape index (κ1) is 14.1. The van der Waals surface area contributed by atoms with E-state index < -0.39 is 21.6 Å². The first-order valence-corrected chi connectivity index (χ1v) is 7.38. The maximum absolute atomic E-state index is 13.5. The zero-order valence-corrected chi connectivity index (χ0v) is 10.6. The minimum atomic E-state index is -3.08. The Hall–Kier alpha value is -0.940. The fraction of sp³-hybridized carbons (Fsp3) is 0.500. The van der Waals surface area contributed by atoms with Crippen molar-refractivity contribution in [2.45, 2.75) is 19.3 Å². The fourth-order valence-corrected chi connectivity index (χ4v) is 2.55. The standard InChI is InChI=1S/C12H17FO3S/c1-2-17(15,16)8-7-10(9-14)11-5-3-4-6-12(11)13/h3-6,10,14H,2,7-9H2,1H3. The largest absolute Gasteiger partial charge is 0.396 e. The quantitative estimate of drug-likeness (QED) is 0.847. The van der Waals surface area contributed by atoms with Gasteiger partial charge in [0, 0.05) is 11.7 Å². The molecule has 0 aliphatic heterocycles. The molecule has 96 valence electrons. The molecule has 0 aromatic heterocycles. The van der Waals surface area contributed by atoms with Gasteiger partial charge in [-0.15, -0.1) is 0 Å². The maximum atomic E-state index is 13.5. The Bertz CT molecular complexity index is 457. The van der Waals surface area contributed by atoms with E-state index >= 15 is 0 Å². The van der Waals surface area contributed by atoms with E-state index in [-0.39, 0.29) is 24.5 Å². The third-order valence-electron chi connectivity index (χ3n) is 2.78. The molecule has 0 heterocycles. The van der Waals surface area contributed by atoms with Crippen molar-refractivity contribution in [1.82, 2.24) is 0 Å². The van der Waals surface area contributed by atoms with Crippen LogP contribution in [-0.2, 0) is 9.84 Å². The summed E-state index contributed by atoms with van der Waals surface area (Å²) < 4.78 is 36.2. The highest BCUT2D eigenvalue weighted by Gasteiger charge is 2.17. The van der Waals surface area contributed by atoms with E-state index in [1.165, 1.54) is 6.07 Å². The molecule has 17 heavy (non-hydrogen) atoms. The summed E-state index contributed by atoms with van der Waals surface area (Å²) in [6.45, 7) is 1.33. The van der Waals surface area contributed by atoms with E-state index in [2.05, 4.69) is 0 Å². The van der Waals surface area contributed by atoms with Crippen LogP contribution in [0.25, 0.3) is 0 Å². The highest BCUT2D eigenvalue weighted by atomic mass is 32.2. The first-order valence-electron chi connectivity index (χ1n) is 5.56. The van der Waals surface area contributed by atoms with E-state index in [1.807, 2.05) is 0 Å². The average Bonchev–Trinajstić information content (AvgIpc) is 2.32. The lowest BCUT2D eigenvalue weighted by Crippen LogP contribution is -2.15. The molecule has 1 rings (SSSR count). The van der Waals surface area contributed by atoms with Gasteiger partial charge in [0.05, 0.1) is 12.4 Å². The minimum Gasteiger partial charge on any atom is -0.396 e. The van der Waals surface area contributed by atoms with Gasteiger partial charge in [-0.3, -0.25) is 0 Å². The van der Waals surface area contributed by atoms with E-state index in [1.54, 1.807) is 25.1 Å². The van der Waals surface area contributed by atoms with Gasteiger partial charge >= 0.3 is 0 Å². The average molecular weight is 260 g/mol. The molecule has 1 aromatic carbocycles. The first-order chi connectivity index (χ1) is 8.00. The van der Waals surface area contributed by atoms with Crippen LogP contribution in [0.5, 0.6) is 0 Å². The van der Waals surface area contributed by atoms with Gasteiger partial charge in [-0.2, -0.15) is 0 Å². The number of hydrogen-bond donors (Lipinski definition) is 1. The summed E-state index contributed by atoms with van der Waals surface area (Å²) in [5, 5.41) is 9.21. The summed E-state index contributed by atoms with van der Waals surface area (Å²) in [6.07, 6.45) is 0.244. The number of sulfone groups is 1. The van der Waals surface area contributed by atoms with Gasteiger partial charge < -0.3 is 5.11 Å². The molecule has 0 bridgehead atoms. The SMILES string of the molecule is CCS(=O)(=O)CCC(CO)c1ccccc1F. The van der Waals surface area contributed by atoms with Gasteiger partial charge in [-0.1, -0.05) is 25.1 Å². The Morgan fingerprint density at radius 2 is 2.00 bits per heavy atom.